The molecular formula is C11H17NRuS2. The van der Waals surface area contributed by atoms with Crippen molar-refractivity contribution in [1.29, 1.82) is 0 Å². The minimum Gasteiger partial charge on any atom is -0.256 e. The van der Waals surface area contributed by atoms with Gasteiger partial charge in [-0.3, -0.25) is 4.98 Å². The average Bonchev–Trinajstić information content (AvgIpc) is 2.24. The van der Waals surface area contributed by atoms with Crippen LogP contribution < -0.4 is 0 Å². The molecule has 0 aliphatic carbocycles. The first-order valence-corrected chi connectivity index (χ1v) is 7.28. The maximum absolute atomic E-state index is 4.61. The zero-order valence-corrected chi connectivity index (χ0v) is 12.5. The topological polar surface area (TPSA) is 12.9 Å². The number of thioether (sulfide) groups is 2. The summed E-state index contributed by atoms with van der Waals surface area (Å²) in [6, 6.07) is 6.34. The molecule has 1 aromatic heterocycles. The van der Waals surface area contributed by atoms with Crippen LogP contribution in [0, 0.1) is 0 Å². The zero-order chi connectivity index (χ0) is 10.2. The molecule has 0 saturated carbocycles. The number of pyridine rings is 1. The van der Waals surface area contributed by atoms with Crippen LogP contribution in [0.15, 0.2) is 18.2 Å². The minimum atomic E-state index is 0. The minimum absolute atomic E-state index is 0. The van der Waals surface area contributed by atoms with Crippen LogP contribution in [-0.2, 0) is 31.0 Å². The predicted molar refractivity (Wildman–Crippen MR) is 67.9 cm³/mol. The van der Waals surface area contributed by atoms with E-state index in [0.29, 0.717) is 0 Å². The molecule has 0 spiro atoms. The summed E-state index contributed by atoms with van der Waals surface area (Å²) < 4.78 is 0. The fourth-order valence-corrected chi connectivity index (χ4v) is 2.25. The van der Waals surface area contributed by atoms with E-state index in [-0.39, 0.29) is 19.5 Å². The Labute approximate surface area is 114 Å². The third kappa shape index (κ3) is 6.60. The van der Waals surface area contributed by atoms with Crippen molar-refractivity contribution in [1.82, 2.24) is 4.98 Å². The maximum Gasteiger partial charge on any atom is 0.0506 e. The third-order valence-electron chi connectivity index (χ3n) is 1.77. The third-order valence-corrected chi connectivity index (χ3v) is 3.59. The van der Waals surface area contributed by atoms with Gasteiger partial charge in [-0.25, -0.2) is 0 Å². The largest absolute Gasteiger partial charge is 0.256 e. The Kier molecular flexibility index (Phi) is 9.99. The summed E-state index contributed by atoms with van der Waals surface area (Å²) in [6.07, 6.45) is 0. The van der Waals surface area contributed by atoms with E-state index in [4.69, 9.17) is 0 Å². The van der Waals surface area contributed by atoms with Crippen molar-refractivity contribution in [3.05, 3.63) is 29.6 Å². The zero-order valence-electron chi connectivity index (χ0n) is 9.18. The molecule has 0 bridgehead atoms. The van der Waals surface area contributed by atoms with Crippen molar-refractivity contribution in [2.75, 3.05) is 11.5 Å². The molecule has 86 valence electrons. The first-order chi connectivity index (χ1) is 6.86. The van der Waals surface area contributed by atoms with Crippen LogP contribution in [0.3, 0.4) is 0 Å². The summed E-state index contributed by atoms with van der Waals surface area (Å²) in [5.41, 5.74) is 2.43. The van der Waals surface area contributed by atoms with Crippen molar-refractivity contribution in [2.45, 2.75) is 25.4 Å². The molecule has 0 atom stereocenters. The van der Waals surface area contributed by atoms with Gasteiger partial charge in [0.2, 0.25) is 0 Å². The van der Waals surface area contributed by atoms with E-state index < -0.39 is 0 Å². The van der Waals surface area contributed by atoms with Gasteiger partial charge in [-0.2, -0.15) is 23.5 Å². The molecule has 0 fully saturated rings. The Balaban J connectivity index is 0.00000196. The number of aromatic nitrogens is 1. The molecule has 1 aromatic rings. The smallest absolute Gasteiger partial charge is 0.0506 e. The SMILES string of the molecule is CCSCc1cccc(CSCC)n1.[Ru]. The van der Waals surface area contributed by atoms with Gasteiger partial charge in [0, 0.05) is 31.0 Å². The molecule has 15 heavy (non-hydrogen) atoms. The second kappa shape index (κ2) is 9.68. The van der Waals surface area contributed by atoms with Gasteiger partial charge in [0.25, 0.3) is 0 Å². The predicted octanol–water partition coefficient (Wildman–Crippen LogP) is 3.59. The molecule has 4 heteroatoms. The second-order valence-corrected chi connectivity index (χ2v) is 5.44. The molecule has 0 aromatic carbocycles. The van der Waals surface area contributed by atoms with Crippen molar-refractivity contribution in [2.24, 2.45) is 0 Å². The van der Waals surface area contributed by atoms with Crippen LogP contribution >= 0.6 is 23.5 Å². The van der Waals surface area contributed by atoms with E-state index in [1.807, 2.05) is 23.5 Å². The standard InChI is InChI=1S/C11H17NS2.Ru/c1-3-13-8-10-6-5-7-11(12-10)9-14-4-2;/h5-7H,3-4,8-9H2,1-2H3;. The summed E-state index contributed by atoms with van der Waals surface area (Å²) >= 11 is 3.85. The van der Waals surface area contributed by atoms with Crippen molar-refractivity contribution in [3.63, 3.8) is 0 Å². The summed E-state index contributed by atoms with van der Waals surface area (Å²) in [6.45, 7) is 4.36. The summed E-state index contributed by atoms with van der Waals surface area (Å²) in [7, 11) is 0. The Bertz CT molecular complexity index is 245. The van der Waals surface area contributed by atoms with E-state index in [0.717, 1.165) is 23.0 Å². The van der Waals surface area contributed by atoms with E-state index in [9.17, 15) is 0 Å². The molecule has 1 rings (SSSR count). The van der Waals surface area contributed by atoms with E-state index in [1.54, 1.807) is 0 Å². The van der Waals surface area contributed by atoms with Crippen LogP contribution in [0.4, 0.5) is 0 Å². The molecule has 0 aliphatic heterocycles. The molecular weight excluding hydrogens is 311 g/mol. The van der Waals surface area contributed by atoms with Gasteiger partial charge in [0.1, 0.15) is 0 Å². The van der Waals surface area contributed by atoms with Gasteiger partial charge in [-0.1, -0.05) is 19.9 Å². The molecule has 1 heterocycles. The fraction of sp³-hybridized carbons (Fsp3) is 0.545. The molecule has 1 nitrogen and oxygen atoms in total. The van der Waals surface area contributed by atoms with E-state index in [1.165, 1.54) is 11.4 Å². The van der Waals surface area contributed by atoms with Gasteiger partial charge in [-0.05, 0) is 23.6 Å². The first-order valence-electron chi connectivity index (χ1n) is 4.97. The molecule has 0 unspecified atom stereocenters. The van der Waals surface area contributed by atoms with Crippen LogP contribution in [0.5, 0.6) is 0 Å². The number of hydrogen-bond acceptors (Lipinski definition) is 3. The van der Waals surface area contributed by atoms with Crippen molar-refractivity contribution >= 4 is 23.5 Å². The summed E-state index contributed by atoms with van der Waals surface area (Å²) in [5.74, 6) is 4.41. The molecule has 0 radical (unpaired) electrons. The van der Waals surface area contributed by atoms with Crippen LogP contribution in [0.1, 0.15) is 25.2 Å². The number of nitrogens with zero attached hydrogens (tertiary/aromatic N) is 1. The van der Waals surface area contributed by atoms with Gasteiger partial charge >= 0.3 is 0 Å². The van der Waals surface area contributed by atoms with Gasteiger partial charge < -0.3 is 0 Å². The Morgan fingerprint density at radius 2 is 1.47 bits per heavy atom. The van der Waals surface area contributed by atoms with Crippen molar-refractivity contribution in [3.8, 4) is 0 Å². The Morgan fingerprint density at radius 3 is 1.87 bits per heavy atom. The average molecular weight is 328 g/mol. The summed E-state index contributed by atoms with van der Waals surface area (Å²) in [4.78, 5) is 4.61. The Hall–Kier alpha value is 0.473. The fourth-order valence-electron chi connectivity index (χ4n) is 1.10. The second-order valence-electron chi connectivity index (χ2n) is 2.89. The van der Waals surface area contributed by atoms with Gasteiger partial charge in [-0.15, -0.1) is 0 Å². The van der Waals surface area contributed by atoms with Crippen molar-refractivity contribution < 1.29 is 19.5 Å². The molecule has 0 aliphatic rings. The normalized spacial score (nSPS) is 9.73. The monoisotopic (exact) mass is 329 g/mol. The summed E-state index contributed by atoms with van der Waals surface area (Å²) in [5, 5.41) is 0. The maximum atomic E-state index is 4.61. The van der Waals surface area contributed by atoms with E-state index >= 15 is 0 Å². The molecule has 0 N–H and O–H groups in total. The quantitative estimate of drug-likeness (QED) is 0.741. The van der Waals surface area contributed by atoms with Crippen LogP contribution in [-0.4, -0.2) is 16.5 Å². The van der Waals surface area contributed by atoms with Gasteiger partial charge in [0.05, 0.1) is 11.4 Å². The molecule has 0 saturated heterocycles. The van der Waals surface area contributed by atoms with Crippen LogP contribution in [0.25, 0.3) is 0 Å². The van der Waals surface area contributed by atoms with E-state index in [2.05, 4.69) is 37.0 Å². The first kappa shape index (κ1) is 15.5. The molecule has 0 amide bonds. The number of rotatable bonds is 6. The van der Waals surface area contributed by atoms with Gasteiger partial charge in [0.15, 0.2) is 0 Å². The van der Waals surface area contributed by atoms with Crippen LogP contribution in [0.2, 0.25) is 0 Å². The number of hydrogen-bond donors (Lipinski definition) is 0. The Morgan fingerprint density at radius 1 is 1.00 bits per heavy atom.